The summed E-state index contributed by atoms with van der Waals surface area (Å²) in [4.78, 5) is 0. The molecule has 3 unspecified atom stereocenters. The molecule has 13 heavy (non-hydrogen) atoms. The number of ether oxygens (including phenoxy) is 1. The second kappa shape index (κ2) is 2.50. The fourth-order valence-corrected chi connectivity index (χ4v) is 3.06. The van der Waals surface area contributed by atoms with E-state index in [9.17, 15) is 0 Å². The monoisotopic (exact) mass is 182 g/mol. The van der Waals surface area contributed by atoms with E-state index < -0.39 is 0 Å². The molecule has 1 nitrogen and oxygen atoms in total. The average molecular weight is 182 g/mol. The molecule has 2 bridgehead atoms. The van der Waals surface area contributed by atoms with Crippen LogP contribution in [0.15, 0.2) is 0 Å². The van der Waals surface area contributed by atoms with Crippen LogP contribution in [-0.2, 0) is 4.74 Å². The van der Waals surface area contributed by atoms with Crippen LogP contribution in [0, 0.1) is 16.7 Å². The highest BCUT2D eigenvalue weighted by Crippen LogP contribution is 2.56. The SMILES string of the molecule is CC(C)(C)C1CCC2OC1C2(C)C. The largest absolute Gasteiger partial charge is 0.373 e. The first-order valence-electron chi connectivity index (χ1n) is 5.49. The maximum Gasteiger partial charge on any atom is 0.0687 e. The van der Waals surface area contributed by atoms with Gasteiger partial charge in [0.25, 0.3) is 0 Å². The predicted molar refractivity (Wildman–Crippen MR) is 54.6 cm³/mol. The Hall–Kier alpha value is -0.0400. The van der Waals surface area contributed by atoms with Gasteiger partial charge in [-0.2, -0.15) is 0 Å². The van der Waals surface area contributed by atoms with Gasteiger partial charge >= 0.3 is 0 Å². The highest BCUT2D eigenvalue weighted by molar-refractivity contribution is 5.05. The van der Waals surface area contributed by atoms with Crippen molar-refractivity contribution in [2.75, 3.05) is 0 Å². The number of rotatable bonds is 0. The van der Waals surface area contributed by atoms with Crippen LogP contribution in [-0.4, -0.2) is 12.2 Å². The summed E-state index contributed by atoms with van der Waals surface area (Å²) in [6.07, 6.45) is 3.70. The summed E-state index contributed by atoms with van der Waals surface area (Å²) in [6, 6.07) is 0. The van der Waals surface area contributed by atoms with Crippen molar-refractivity contribution in [1.29, 1.82) is 0 Å². The van der Waals surface area contributed by atoms with E-state index in [1.165, 1.54) is 12.8 Å². The van der Waals surface area contributed by atoms with E-state index in [4.69, 9.17) is 4.74 Å². The van der Waals surface area contributed by atoms with Crippen LogP contribution in [0.1, 0.15) is 47.5 Å². The molecule has 3 aliphatic rings. The lowest BCUT2D eigenvalue weighted by molar-refractivity contribution is -0.296. The lowest BCUT2D eigenvalue weighted by Gasteiger charge is -2.61. The van der Waals surface area contributed by atoms with E-state index in [0.717, 1.165) is 5.92 Å². The van der Waals surface area contributed by atoms with E-state index in [-0.39, 0.29) is 0 Å². The van der Waals surface area contributed by atoms with Gasteiger partial charge in [0.2, 0.25) is 0 Å². The molecule has 2 aliphatic heterocycles. The zero-order valence-corrected chi connectivity index (χ0v) is 9.55. The second-order valence-corrected chi connectivity index (χ2v) is 6.42. The molecule has 1 aliphatic carbocycles. The van der Waals surface area contributed by atoms with Gasteiger partial charge in [0.15, 0.2) is 0 Å². The summed E-state index contributed by atoms with van der Waals surface area (Å²) in [7, 11) is 0. The van der Waals surface area contributed by atoms with Gasteiger partial charge in [-0.15, -0.1) is 0 Å². The van der Waals surface area contributed by atoms with Gasteiger partial charge in [-0.25, -0.2) is 0 Å². The molecule has 3 rings (SSSR count). The van der Waals surface area contributed by atoms with Crippen LogP contribution >= 0.6 is 0 Å². The van der Waals surface area contributed by atoms with Crippen LogP contribution in [0.5, 0.6) is 0 Å². The molecule has 1 saturated carbocycles. The van der Waals surface area contributed by atoms with Crippen molar-refractivity contribution in [2.45, 2.75) is 59.7 Å². The fourth-order valence-electron chi connectivity index (χ4n) is 3.06. The Morgan fingerprint density at radius 2 is 1.77 bits per heavy atom. The first-order chi connectivity index (χ1) is 5.83. The van der Waals surface area contributed by atoms with Gasteiger partial charge in [-0.1, -0.05) is 34.6 Å². The minimum atomic E-state index is 0.410. The molecular formula is C12H22O. The van der Waals surface area contributed by atoms with Crippen LogP contribution in [0.25, 0.3) is 0 Å². The molecule has 0 aromatic carbocycles. The maximum absolute atomic E-state index is 5.93. The first kappa shape index (κ1) is 9.51. The molecule has 3 fully saturated rings. The predicted octanol–water partition coefficient (Wildman–Crippen LogP) is 3.24. The maximum atomic E-state index is 5.93. The van der Waals surface area contributed by atoms with Gasteiger partial charge < -0.3 is 4.74 Å². The van der Waals surface area contributed by atoms with Gasteiger partial charge in [-0.3, -0.25) is 0 Å². The third kappa shape index (κ3) is 1.24. The Morgan fingerprint density at radius 3 is 2.08 bits per heavy atom. The van der Waals surface area contributed by atoms with E-state index in [1.807, 2.05) is 0 Å². The van der Waals surface area contributed by atoms with Crippen molar-refractivity contribution < 1.29 is 4.74 Å². The minimum Gasteiger partial charge on any atom is -0.373 e. The number of hydrogen-bond acceptors (Lipinski definition) is 1. The molecule has 0 amide bonds. The van der Waals surface area contributed by atoms with Crippen molar-refractivity contribution >= 4 is 0 Å². The van der Waals surface area contributed by atoms with Crippen molar-refractivity contribution in [3.8, 4) is 0 Å². The first-order valence-corrected chi connectivity index (χ1v) is 5.49. The second-order valence-electron chi connectivity index (χ2n) is 6.42. The van der Waals surface area contributed by atoms with Crippen LogP contribution < -0.4 is 0 Å². The summed E-state index contributed by atoms with van der Waals surface area (Å²) in [5, 5.41) is 0. The lowest BCUT2D eigenvalue weighted by atomic mass is 9.57. The third-order valence-electron chi connectivity index (χ3n) is 4.09. The fraction of sp³-hybridized carbons (Fsp3) is 1.00. The normalized spacial score (nSPS) is 42.7. The van der Waals surface area contributed by atoms with Crippen LogP contribution in [0.3, 0.4) is 0 Å². The molecule has 2 saturated heterocycles. The third-order valence-corrected chi connectivity index (χ3v) is 4.09. The molecule has 2 heterocycles. The van der Waals surface area contributed by atoms with Crippen molar-refractivity contribution in [2.24, 2.45) is 16.7 Å². The van der Waals surface area contributed by atoms with Crippen molar-refractivity contribution in [1.82, 2.24) is 0 Å². The average Bonchev–Trinajstić information content (AvgIpc) is 2.02. The topological polar surface area (TPSA) is 9.23 Å². The van der Waals surface area contributed by atoms with Gasteiger partial charge in [0, 0.05) is 5.41 Å². The van der Waals surface area contributed by atoms with Crippen molar-refractivity contribution in [3.05, 3.63) is 0 Å². The minimum absolute atomic E-state index is 0.410. The highest BCUT2D eigenvalue weighted by atomic mass is 16.5. The molecule has 1 heteroatoms. The summed E-state index contributed by atoms with van der Waals surface area (Å²) in [6.45, 7) is 11.8. The van der Waals surface area contributed by atoms with E-state index in [0.29, 0.717) is 23.0 Å². The summed E-state index contributed by atoms with van der Waals surface area (Å²) >= 11 is 0. The summed E-state index contributed by atoms with van der Waals surface area (Å²) in [5.74, 6) is 0.757. The van der Waals surface area contributed by atoms with Gasteiger partial charge in [-0.05, 0) is 24.2 Å². The molecule has 3 atom stereocenters. The molecule has 0 N–H and O–H groups in total. The Labute approximate surface area is 81.9 Å². The van der Waals surface area contributed by atoms with Gasteiger partial charge in [0.1, 0.15) is 0 Å². The molecule has 0 aromatic heterocycles. The molecule has 0 aromatic rings. The van der Waals surface area contributed by atoms with Gasteiger partial charge in [0.05, 0.1) is 12.2 Å². The Morgan fingerprint density at radius 1 is 1.15 bits per heavy atom. The zero-order valence-electron chi connectivity index (χ0n) is 9.55. The van der Waals surface area contributed by atoms with E-state index in [2.05, 4.69) is 34.6 Å². The summed E-state index contributed by atoms with van der Waals surface area (Å²) in [5.41, 5.74) is 0.851. The molecular weight excluding hydrogens is 160 g/mol. The Bertz CT molecular complexity index is 210. The smallest absolute Gasteiger partial charge is 0.0687 e. The molecule has 76 valence electrons. The number of fused-ring (bicyclic) bond motifs is 2. The Kier molecular flexibility index (Phi) is 1.83. The molecule has 0 radical (unpaired) electrons. The molecule has 0 spiro atoms. The quantitative estimate of drug-likeness (QED) is 0.559. The Balaban J connectivity index is 2.16. The lowest BCUT2D eigenvalue weighted by Crippen LogP contribution is -2.64. The van der Waals surface area contributed by atoms with Crippen LogP contribution in [0.4, 0.5) is 0 Å². The van der Waals surface area contributed by atoms with Crippen LogP contribution in [0.2, 0.25) is 0 Å². The van der Waals surface area contributed by atoms with Crippen molar-refractivity contribution in [3.63, 3.8) is 0 Å². The van der Waals surface area contributed by atoms with E-state index >= 15 is 0 Å². The zero-order chi connectivity index (χ0) is 9.85. The standard InChI is InChI=1S/C12H22O/c1-11(2,3)8-6-7-9-12(4,5)10(8)13-9/h8-10H,6-7H2,1-5H3. The number of hydrogen-bond donors (Lipinski definition) is 0. The summed E-state index contributed by atoms with van der Waals surface area (Å²) < 4.78 is 5.93. The highest BCUT2D eigenvalue weighted by Gasteiger charge is 2.58. The van der Waals surface area contributed by atoms with E-state index in [1.54, 1.807) is 0 Å².